The fourth-order valence-corrected chi connectivity index (χ4v) is 3.12. The van der Waals surface area contributed by atoms with Crippen LogP contribution >= 0.6 is 0 Å². The Bertz CT molecular complexity index is 835. The zero-order chi connectivity index (χ0) is 22.9. The number of aromatic carboxylic acids is 1. The highest BCUT2D eigenvalue weighted by molar-refractivity contribution is 5.88. The van der Waals surface area contributed by atoms with Crippen molar-refractivity contribution in [3.05, 3.63) is 53.6 Å². The number of amides is 2. The van der Waals surface area contributed by atoms with Crippen LogP contribution in [0.25, 0.3) is 5.57 Å². The molecule has 0 spiro atoms. The van der Waals surface area contributed by atoms with Gasteiger partial charge in [-0.05, 0) is 63.3 Å². The van der Waals surface area contributed by atoms with Gasteiger partial charge in [0, 0.05) is 13.0 Å². The van der Waals surface area contributed by atoms with E-state index in [0.29, 0.717) is 19.4 Å². The summed E-state index contributed by atoms with van der Waals surface area (Å²) in [6.45, 7) is 5.99. The maximum atomic E-state index is 12.2. The Labute approximate surface area is 183 Å². The quantitative estimate of drug-likeness (QED) is 0.509. The van der Waals surface area contributed by atoms with Gasteiger partial charge in [0.25, 0.3) is 0 Å². The molecule has 0 heterocycles. The average molecular weight is 429 g/mol. The summed E-state index contributed by atoms with van der Waals surface area (Å²) in [5, 5.41) is 14.7. The van der Waals surface area contributed by atoms with Gasteiger partial charge in [-0.1, -0.05) is 36.8 Å². The minimum absolute atomic E-state index is 0.0115. The molecule has 2 rings (SSSR count). The van der Waals surface area contributed by atoms with Crippen LogP contribution in [0.1, 0.15) is 68.8 Å². The van der Waals surface area contributed by atoms with Gasteiger partial charge >= 0.3 is 12.1 Å². The minimum atomic E-state index is -0.943. The second-order valence-electron chi connectivity index (χ2n) is 8.55. The second-order valence-corrected chi connectivity index (χ2v) is 8.55. The number of allylic oxidation sites excluding steroid dienone is 2. The van der Waals surface area contributed by atoms with Crippen molar-refractivity contribution in [2.75, 3.05) is 6.54 Å². The molecule has 2 amide bonds. The lowest BCUT2D eigenvalue weighted by Gasteiger charge is -2.19. The van der Waals surface area contributed by atoms with Crippen LogP contribution < -0.4 is 10.6 Å². The van der Waals surface area contributed by atoms with E-state index in [9.17, 15) is 14.4 Å². The monoisotopic (exact) mass is 428 g/mol. The van der Waals surface area contributed by atoms with Gasteiger partial charge in [0.15, 0.2) is 0 Å². The smallest absolute Gasteiger partial charge is 0.407 e. The van der Waals surface area contributed by atoms with Crippen molar-refractivity contribution in [1.29, 1.82) is 0 Å². The summed E-state index contributed by atoms with van der Waals surface area (Å²) in [5.74, 6) is -0.931. The number of hydrogen-bond acceptors (Lipinski definition) is 4. The van der Waals surface area contributed by atoms with Crippen molar-refractivity contribution in [2.45, 2.75) is 64.5 Å². The number of hydrogen-bond donors (Lipinski definition) is 3. The molecule has 0 saturated heterocycles. The second kappa shape index (κ2) is 11.3. The highest BCUT2D eigenvalue weighted by Gasteiger charge is 2.16. The van der Waals surface area contributed by atoms with E-state index in [-0.39, 0.29) is 17.5 Å². The lowest BCUT2D eigenvalue weighted by Crippen LogP contribution is -2.34. The number of benzene rings is 1. The third kappa shape index (κ3) is 9.07. The first kappa shape index (κ1) is 24.2. The molecule has 1 aromatic carbocycles. The SMILES string of the molecule is CC(C)(C)OC(=O)NCCCCCC(=O)NC1C=CC(c2ccc(C(=O)O)cc2)=CC1. The van der Waals surface area contributed by atoms with Crippen LogP contribution in [-0.2, 0) is 9.53 Å². The number of alkyl carbamates (subject to hydrolysis) is 1. The molecule has 1 aliphatic rings. The molecule has 1 unspecified atom stereocenters. The van der Waals surface area contributed by atoms with Gasteiger partial charge < -0.3 is 20.5 Å². The first-order valence-electron chi connectivity index (χ1n) is 10.6. The average Bonchev–Trinajstić information content (AvgIpc) is 2.70. The Hall–Kier alpha value is -3.09. The molecule has 1 aliphatic carbocycles. The standard InChI is InChI=1S/C24H32N2O5/c1-24(2,3)31-23(30)25-16-6-4-5-7-21(27)26-20-14-12-18(13-15-20)17-8-10-19(11-9-17)22(28)29/h8-14,20H,4-7,15-16H2,1-3H3,(H,25,30)(H,26,27)(H,28,29). The normalized spacial score (nSPS) is 15.7. The van der Waals surface area contributed by atoms with E-state index < -0.39 is 17.7 Å². The Morgan fingerprint density at radius 3 is 2.39 bits per heavy atom. The maximum absolute atomic E-state index is 12.2. The predicted octanol–water partition coefficient (Wildman–Crippen LogP) is 4.30. The van der Waals surface area contributed by atoms with Crippen molar-refractivity contribution >= 4 is 23.5 Å². The third-order valence-electron chi connectivity index (χ3n) is 4.66. The topological polar surface area (TPSA) is 105 Å². The highest BCUT2D eigenvalue weighted by atomic mass is 16.6. The lowest BCUT2D eigenvalue weighted by molar-refractivity contribution is -0.121. The van der Waals surface area contributed by atoms with Gasteiger partial charge in [-0.15, -0.1) is 0 Å². The summed E-state index contributed by atoms with van der Waals surface area (Å²) in [4.78, 5) is 34.6. The summed E-state index contributed by atoms with van der Waals surface area (Å²) in [6, 6.07) is 6.71. The van der Waals surface area contributed by atoms with Gasteiger partial charge in [-0.3, -0.25) is 4.79 Å². The van der Waals surface area contributed by atoms with Gasteiger partial charge in [0.1, 0.15) is 5.60 Å². The fourth-order valence-electron chi connectivity index (χ4n) is 3.12. The third-order valence-corrected chi connectivity index (χ3v) is 4.66. The van der Waals surface area contributed by atoms with E-state index in [0.717, 1.165) is 30.4 Å². The molecule has 7 heteroatoms. The molecule has 1 aromatic rings. The van der Waals surface area contributed by atoms with Crippen molar-refractivity contribution in [1.82, 2.24) is 10.6 Å². The number of carboxylic acids is 1. The van der Waals surface area contributed by atoms with Gasteiger partial charge in [-0.25, -0.2) is 9.59 Å². The Morgan fingerprint density at radius 1 is 1.10 bits per heavy atom. The van der Waals surface area contributed by atoms with Crippen LogP contribution in [0.15, 0.2) is 42.5 Å². The number of carbonyl (C=O) groups is 3. The number of ether oxygens (including phenoxy) is 1. The van der Waals surface area contributed by atoms with Crippen LogP contribution in [0.3, 0.4) is 0 Å². The van der Waals surface area contributed by atoms with Crippen LogP contribution in [0.4, 0.5) is 4.79 Å². The molecule has 0 bridgehead atoms. The number of unbranched alkanes of at least 4 members (excludes halogenated alkanes) is 2. The molecule has 168 valence electrons. The van der Waals surface area contributed by atoms with Crippen molar-refractivity contribution in [3.63, 3.8) is 0 Å². The van der Waals surface area contributed by atoms with Crippen molar-refractivity contribution in [2.24, 2.45) is 0 Å². The molecular weight excluding hydrogens is 396 g/mol. The Morgan fingerprint density at radius 2 is 1.81 bits per heavy atom. The zero-order valence-corrected chi connectivity index (χ0v) is 18.4. The first-order chi connectivity index (χ1) is 14.6. The van der Waals surface area contributed by atoms with E-state index >= 15 is 0 Å². The van der Waals surface area contributed by atoms with Crippen LogP contribution in [0, 0.1) is 0 Å². The van der Waals surface area contributed by atoms with Crippen molar-refractivity contribution < 1.29 is 24.2 Å². The van der Waals surface area contributed by atoms with Crippen LogP contribution in [0.5, 0.6) is 0 Å². The maximum Gasteiger partial charge on any atom is 0.407 e. The van der Waals surface area contributed by atoms with Crippen molar-refractivity contribution in [3.8, 4) is 0 Å². The molecule has 31 heavy (non-hydrogen) atoms. The number of carbonyl (C=O) groups excluding carboxylic acids is 2. The van der Waals surface area contributed by atoms with E-state index in [1.807, 2.05) is 39.0 Å². The zero-order valence-electron chi connectivity index (χ0n) is 18.4. The molecular formula is C24H32N2O5. The van der Waals surface area contributed by atoms with Crippen LogP contribution in [-0.4, -0.2) is 41.3 Å². The predicted molar refractivity (Wildman–Crippen MR) is 120 cm³/mol. The van der Waals surface area contributed by atoms with Gasteiger partial charge in [0.2, 0.25) is 5.91 Å². The van der Waals surface area contributed by atoms with Gasteiger partial charge in [0.05, 0.1) is 11.6 Å². The molecule has 0 aromatic heterocycles. The summed E-state index contributed by atoms with van der Waals surface area (Å²) in [6.07, 6.45) is 9.08. The van der Waals surface area contributed by atoms with E-state index in [1.54, 1.807) is 24.3 Å². The molecule has 0 radical (unpaired) electrons. The molecule has 0 fully saturated rings. The fraction of sp³-hybridized carbons (Fsp3) is 0.458. The lowest BCUT2D eigenvalue weighted by atomic mass is 9.96. The molecule has 0 aliphatic heterocycles. The Balaban J connectivity index is 1.62. The van der Waals surface area contributed by atoms with Gasteiger partial charge in [-0.2, -0.15) is 0 Å². The van der Waals surface area contributed by atoms with E-state index in [4.69, 9.17) is 9.84 Å². The van der Waals surface area contributed by atoms with Crippen LogP contribution in [0.2, 0.25) is 0 Å². The largest absolute Gasteiger partial charge is 0.478 e. The van der Waals surface area contributed by atoms with E-state index in [1.165, 1.54) is 0 Å². The molecule has 0 saturated carbocycles. The highest BCUT2D eigenvalue weighted by Crippen LogP contribution is 2.22. The molecule has 7 nitrogen and oxygen atoms in total. The Kier molecular flexibility index (Phi) is 8.85. The molecule has 3 N–H and O–H groups in total. The number of rotatable bonds is 9. The first-order valence-corrected chi connectivity index (χ1v) is 10.6. The van der Waals surface area contributed by atoms with E-state index in [2.05, 4.69) is 10.6 Å². The number of carboxylic acid groups (broad SMARTS) is 1. The minimum Gasteiger partial charge on any atom is -0.478 e. The molecule has 1 atom stereocenters. The summed E-state index contributed by atoms with van der Waals surface area (Å²) < 4.78 is 5.17. The summed E-state index contributed by atoms with van der Waals surface area (Å²) in [7, 11) is 0. The summed E-state index contributed by atoms with van der Waals surface area (Å²) in [5.41, 5.74) is 1.72. The summed E-state index contributed by atoms with van der Waals surface area (Å²) >= 11 is 0. The number of nitrogens with one attached hydrogen (secondary N) is 2.